The van der Waals surface area contributed by atoms with Gasteiger partial charge in [-0.2, -0.15) is 0 Å². The first-order valence-electron chi connectivity index (χ1n) is 6.10. The first-order chi connectivity index (χ1) is 7.81. The van der Waals surface area contributed by atoms with E-state index in [-0.39, 0.29) is 0 Å². The Morgan fingerprint density at radius 3 is 2.88 bits per heavy atom. The average molecular weight is 219 g/mol. The zero-order valence-electron chi connectivity index (χ0n) is 9.97. The second-order valence-electron chi connectivity index (χ2n) is 4.77. The quantitative estimate of drug-likeness (QED) is 0.818. The Morgan fingerprint density at radius 1 is 1.56 bits per heavy atom. The highest BCUT2D eigenvalue weighted by molar-refractivity contribution is 5.08. The molecule has 1 saturated carbocycles. The van der Waals surface area contributed by atoms with Gasteiger partial charge in [0.15, 0.2) is 0 Å². The van der Waals surface area contributed by atoms with Crippen LogP contribution in [0.3, 0.4) is 0 Å². The molecule has 1 aromatic rings. The van der Waals surface area contributed by atoms with E-state index in [1.165, 1.54) is 24.8 Å². The third-order valence-corrected chi connectivity index (χ3v) is 3.66. The van der Waals surface area contributed by atoms with Gasteiger partial charge in [0.25, 0.3) is 0 Å². The highest BCUT2D eigenvalue weighted by Gasteiger charge is 2.28. The van der Waals surface area contributed by atoms with Gasteiger partial charge in [-0.25, -0.2) is 0 Å². The first kappa shape index (κ1) is 11.6. The molecular weight excluding hydrogens is 198 g/mol. The molecule has 1 unspecified atom stereocenters. The van der Waals surface area contributed by atoms with E-state index in [4.69, 9.17) is 5.73 Å². The van der Waals surface area contributed by atoms with Crippen LogP contribution in [0.2, 0.25) is 0 Å². The van der Waals surface area contributed by atoms with Gasteiger partial charge < -0.3 is 5.73 Å². The fourth-order valence-corrected chi connectivity index (χ4v) is 2.45. The van der Waals surface area contributed by atoms with Crippen LogP contribution in [0.5, 0.6) is 0 Å². The van der Waals surface area contributed by atoms with Crippen LogP contribution in [0, 0.1) is 5.92 Å². The van der Waals surface area contributed by atoms with E-state index in [0.29, 0.717) is 6.04 Å². The molecule has 1 heterocycles. The van der Waals surface area contributed by atoms with Crippen molar-refractivity contribution >= 4 is 0 Å². The molecule has 1 fully saturated rings. The van der Waals surface area contributed by atoms with Crippen molar-refractivity contribution in [3.63, 3.8) is 0 Å². The number of pyridine rings is 1. The van der Waals surface area contributed by atoms with Crippen LogP contribution in [0.15, 0.2) is 24.5 Å². The number of likely N-dealkylation sites (N-methyl/N-ethyl adjacent to an activating group) is 1. The molecule has 0 radical (unpaired) electrons. The van der Waals surface area contributed by atoms with E-state index in [9.17, 15) is 0 Å². The summed E-state index contributed by atoms with van der Waals surface area (Å²) in [5.41, 5.74) is 7.15. The predicted molar refractivity (Wildman–Crippen MR) is 65.9 cm³/mol. The number of aromatic nitrogens is 1. The fourth-order valence-electron chi connectivity index (χ4n) is 2.45. The second-order valence-corrected chi connectivity index (χ2v) is 4.77. The lowest BCUT2D eigenvalue weighted by atomic mass is 9.79. The van der Waals surface area contributed by atoms with E-state index >= 15 is 0 Å². The van der Waals surface area contributed by atoms with Gasteiger partial charge in [-0.15, -0.1) is 0 Å². The van der Waals surface area contributed by atoms with Crippen molar-refractivity contribution in [2.75, 3.05) is 13.6 Å². The Kier molecular flexibility index (Phi) is 3.91. The summed E-state index contributed by atoms with van der Waals surface area (Å²) in [7, 11) is 2.17. The van der Waals surface area contributed by atoms with E-state index in [1.807, 2.05) is 18.5 Å². The minimum Gasteiger partial charge on any atom is -0.329 e. The maximum atomic E-state index is 5.88. The SMILES string of the molecule is CN(Cc1cccnc1)C(CN)C1CCC1. The molecule has 2 N–H and O–H groups in total. The van der Waals surface area contributed by atoms with E-state index in [2.05, 4.69) is 23.0 Å². The summed E-state index contributed by atoms with van der Waals surface area (Å²) in [5.74, 6) is 0.812. The molecule has 1 aromatic heterocycles. The van der Waals surface area contributed by atoms with Gasteiger partial charge >= 0.3 is 0 Å². The van der Waals surface area contributed by atoms with Gasteiger partial charge in [0.2, 0.25) is 0 Å². The molecule has 0 saturated heterocycles. The van der Waals surface area contributed by atoms with Crippen molar-refractivity contribution in [3.8, 4) is 0 Å². The first-order valence-corrected chi connectivity index (χ1v) is 6.10. The van der Waals surface area contributed by atoms with E-state index in [0.717, 1.165) is 19.0 Å². The Hall–Kier alpha value is -0.930. The zero-order valence-corrected chi connectivity index (χ0v) is 9.97. The topological polar surface area (TPSA) is 42.2 Å². The van der Waals surface area contributed by atoms with E-state index in [1.54, 1.807) is 0 Å². The van der Waals surface area contributed by atoms with Gasteiger partial charge in [0.1, 0.15) is 0 Å². The highest BCUT2D eigenvalue weighted by Crippen LogP contribution is 2.31. The summed E-state index contributed by atoms with van der Waals surface area (Å²) in [5, 5.41) is 0. The third kappa shape index (κ3) is 2.60. The molecule has 16 heavy (non-hydrogen) atoms. The molecule has 3 nitrogen and oxygen atoms in total. The molecule has 1 aliphatic carbocycles. The standard InChI is InChI=1S/C13H21N3/c1-16(10-11-4-3-7-15-9-11)13(8-14)12-5-2-6-12/h3-4,7,9,12-13H,2,5-6,8,10,14H2,1H3. The lowest BCUT2D eigenvalue weighted by Gasteiger charge is -2.38. The third-order valence-electron chi connectivity index (χ3n) is 3.66. The molecule has 0 amide bonds. The van der Waals surface area contributed by atoms with Crippen molar-refractivity contribution in [1.82, 2.24) is 9.88 Å². The van der Waals surface area contributed by atoms with Gasteiger partial charge in [0.05, 0.1) is 0 Å². The largest absolute Gasteiger partial charge is 0.329 e. The maximum Gasteiger partial charge on any atom is 0.0312 e. The summed E-state index contributed by atoms with van der Waals surface area (Å²) < 4.78 is 0. The molecular formula is C13H21N3. The monoisotopic (exact) mass is 219 g/mol. The number of nitrogens with two attached hydrogens (primary N) is 1. The minimum absolute atomic E-state index is 0.536. The number of nitrogens with zero attached hydrogens (tertiary/aromatic N) is 2. The summed E-state index contributed by atoms with van der Waals surface area (Å²) >= 11 is 0. The Balaban J connectivity index is 1.92. The summed E-state index contributed by atoms with van der Waals surface area (Å²) in [6, 6.07) is 4.65. The number of rotatable bonds is 5. The molecule has 0 bridgehead atoms. The van der Waals surface area contributed by atoms with Gasteiger partial charge in [-0.05, 0) is 37.4 Å². The average Bonchev–Trinajstić information content (AvgIpc) is 2.24. The van der Waals surface area contributed by atoms with Crippen LogP contribution in [0.25, 0.3) is 0 Å². The number of hydrogen-bond acceptors (Lipinski definition) is 3. The molecule has 2 rings (SSSR count). The van der Waals surface area contributed by atoms with Crippen molar-refractivity contribution in [2.24, 2.45) is 11.7 Å². The Labute approximate surface area is 97.7 Å². The van der Waals surface area contributed by atoms with Crippen molar-refractivity contribution in [3.05, 3.63) is 30.1 Å². The van der Waals surface area contributed by atoms with E-state index < -0.39 is 0 Å². The van der Waals surface area contributed by atoms with Crippen LogP contribution in [0.4, 0.5) is 0 Å². The van der Waals surface area contributed by atoms with Crippen molar-refractivity contribution in [1.29, 1.82) is 0 Å². The van der Waals surface area contributed by atoms with Gasteiger partial charge in [-0.3, -0.25) is 9.88 Å². The lowest BCUT2D eigenvalue weighted by Crippen LogP contribution is -2.45. The van der Waals surface area contributed by atoms with Crippen LogP contribution in [-0.4, -0.2) is 29.5 Å². The molecule has 1 atom stereocenters. The molecule has 1 aliphatic rings. The molecule has 0 aliphatic heterocycles. The molecule has 0 aromatic carbocycles. The van der Waals surface area contributed by atoms with Crippen LogP contribution >= 0.6 is 0 Å². The second kappa shape index (κ2) is 5.41. The summed E-state index contributed by atoms with van der Waals surface area (Å²) in [6.45, 7) is 1.72. The van der Waals surface area contributed by atoms with Gasteiger partial charge in [-0.1, -0.05) is 12.5 Å². The fraction of sp³-hybridized carbons (Fsp3) is 0.615. The molecule has 3 heteroatoms. The smallest absolute Gasteiger partial charge is 0.0312 e. The van der Waals surface area contributed by atoms with Crippen LogP contribution in [-0.2, 0) is 6.54 Å². The van der Waals surface area contributed by atoms with Crippen LogP contribution in [0.1, 0.15) is 24.8 Å². The van der Waals surface area contributed by atoms with Crippen molar-refractivity contribution < 1.29 is 0 Å². The lowest BCUT2D eigenvalue weighted by molar-refractivity contribution is 0.118. The zero-order chi connectivity index (χ0) is 11.4. The Morgan fingerprint density at radius 2 is 2.38 bits per heavy atom. The minimum atomic E-state index is 0.536. The summed E-state index contributed by atoms with van der Waals surface area (Å²) in [4.78, 5) is 6.52. The molecule has 88 valence electrons. The predicted octanol–water partition coefficient (Wildman–Crippen LogP) is 1.64. The van der Waals surface area contributed by atoms with Crippen molar-refractivity contribution in [2.45, 2.75) is 31.8 Å². The van der Waals surface area contributed by atoms with Gasteiger partial charge in [0, 0.05) is 31.5 Å². The summed E-state index contributed by atoms with van der Waals surface area (Å²) in [6.07, 6.45) is 7.82. The molecule has 0 spiro atoms. The number of hydrogen-bond donors (Lipinski definition) is 1. The highest BCUT2D eigenvalue weighted by atomic mass is 15.1. The Bertz CT molecular complexity index is 308. The van der Waals surface area contributed by atoms with Crippen LogP contribution < -0.4 is 5.73 Å². The normalized spacial score (nSPS) is 18.4. The maximum absolute atomic E-state index is 5.88.